The van der Waals surface area contributed by atoms with E-state index < -0.39 is 0 Å². The standard InChI is InChI=1S/C22H16Cl2N2O2/c1-2-28-22(27)14-3-7-18(8-4-14)26-21-10-6-15(11-17(21)13-25)16-5-9-19(23)20(24)12-16/h3-12,26H,2H2,1H3. The van der Waals surface area contributed by atoms with Crippen molar-refractivity contribution in [2.24, 2.45) is 0 Å². The van der Waals surface area contributed by atoms with E-state index in [-0.39, 0.29) is 5.97 Å². The summed E-state index contributed by atoms with van der Waals surface area (Å²) >= 11 is 12.1. The molecular weight excluding hydrogens is 395 g/mol. The molecule has 0 spiro atoms. The van der Waals surface area contributed by atoms with Gasteiger partial charge in [-0.25, -0.2) is 4.79 Å². The fourth-order valence-corrected chi connectivity index (χ4v) is 2.96. The summed E-state index contributed by atoms with van der Waals surface area (Å²) in [6, 6.07) is 19.9. The van der Waals surface area contributed by atoms with E-state index in [4.69, 9.17) is 27.9 Å². The van der Waals surface area contributed by atoms with Crippen LogP contribution >= 0.6 is 23.2 Å². The summed E-state index contributed by atoms with van der Waals surface area (Å²) in [6.07, 6.45) is 0. The average Bonchev–Trinajstić information content (AvgIpc) is 2.71. The predicted octanol–water partition coefficient (Wildman–Crippen LogP) is 6.45. The summed E-state index contributed by atoms with van der Waals surface area (Å²) in [6.45, 7) is 2.09. The molecule has 0 aliphatic heterocycles. The van der Waals surface area contributed by atoms with Crippen LogP contribution in [0.3, 0.4) is 0 Å². The molecular formula is C22H16Cl2N2O2. The van der Waals surface area contributed by atoms with Gasteiger partial charge in [0.25, 0.3) is 0 Å². The molecule has 3 rings (SSSR count). The first kappa shape index (κ1) is 19.8. The number of halogens is 2. The Morgan fingerprint density at radius 2 is 1.68 bits per heavy atom. The lowest BCUT2D eigenvalue weighted by Crippen LogP contribution is -2.04. The number of ether oxygens (including phenoxy) is 1. The van der Waals surface area contributed by atoms with E-state index in [1.807, 2.05) is 18.2 Å². The van der Waals surface area contributed by atoms with Crippen molar-refractivity contribution in [3.05, 3.63) is 81.8 Å². The molecule has 0 aliphatic carbocycles. The van der Waals surface area contributed by atoms with Gasteiger partial charge in [-0.1, -0.05) is 35.3 Å². The highest BCUT2D eigenvalue weighted by Crippen LogP contribution is 2.31. The van der Waals surface area contributed by atoms with Crippen LogP contribution in [-0.4, -0.2) is 12.6 Å². The van der Waals surface area contributed by atoms with E-state index in [9.17, 15) is 10.1 Å². The molecule has 3 aromatic carbocycles. The van der Waals surface area contributed by atoms with Crippen molar-refractivity contribution >= 4 is 40.5 Å². The summed E-state index contributed by atoms with van der Waals surface area (Å²) < 4.78 is 4.97. The van der Waals surface area contributed by atoms with E-state index in [0.29, 0.717) is 33.5 Å². The van der Waals surface area contributed by atoms with Gasteiger partial charge >= 0.3 is 5.97 Å². The Labute approximate surface area is 173 Å². The molecule has 3 aromatic rings. The number of anilines is 2. The normalized spacial score (nSPS) is 10.2. The molecule has 0 saturated heterocycles. The van der Waals surface area contributed by atoms with Crippen molar-refractivity contribution in [2.75, 3.05) is 11.9 Å². The summed E-state index contributed by atoms with van der Waals surface area (Å²) in [5.74, 6) is -0.363. The van der Waals surface area contributed by atoms with E-state index in [1.54, 1.807) is 49.4 Å². The van der Waals surface area contributed by atoms with Crippen molar-refractivity contribution in [2.45, 2.75) is 6.92 Å². The largest absolute Gasteiger partial charge is 0.462 e. The number of benzene rings is 3. The molecule has 0 unspecified atom stereocenters. The molecule has 1 N–H and O–H groups in total. The Kier molecular flexibility index (Phi) is 6.20. The zero-order chi connectivity index (χ0) is 20.1. The molecule has 0 amide bonds. The van der Waals surface area contributed by atoms with Crippen LogP contribution in [0.2, 0.25) is 10.0 Å². The zero-order valence-electron chi connectivity index (χ0n) is 15.0. The number of nitrogens with zero attached hydrogens (tertiary/aromatic N) is 1. The maximum absolute atomic E-state index is 11.7. The van der Waals surface area contributed by atoms with Crippen molar-refractivity contribution in [3.8, 4) is 17.2 Å². The highest BCUT2D eigenvalue weighted by molar-refractivity contribution is 6.42. The second-order valence-corrected chi connectivity index (χ2v) is 6.74. The number of nitriles is 1. The SMILES string of the molecule is CCOC(=O)c1ccc(Nc2ccc(-c3ccc(Cl)c(Cl)c3)cc2C#N)cc1. The molecule has 140 valence electrons. The summed E-state index contributed by atoms with van der Waals surface area (Å²) in [4.78, 5) is 11.7. The fourth-order valence-electron chi connectivity index (χ4n) is 2.66. The minimum absolute atomic E-state index is 0.329. The van der Waals surface area contributed by atoms with Crippen LogP contribution in [0.5, 0.6) is 0 Å². The molecule has 0 fully saturated rings. The number of nitrogens with one attached hydrogen (secondary N) is 1. The average molecular weight is 411 g/mol. The first-order valence-electron chi connectivity index (χ1n) is 8.55. The molecule has 0 bridgehead atoms. The Balaban J connectivity index is 1.84. The van der Waals surface area contributed by atoms with Gasteiger partial charge in [-0.05, 0) is 66.6 Å². The maximum atomic E-state index is 11.7. The van der Waals surface area contributed by atoms with Gasteiger partial charge in [0.15, 0.2) is 0 Å². The van der Waals surface area contributed by atoms with Crippen LogP contribution in [0.25, 0.3) is 11.1 Å². The molecule has 6 heteroatoms. The van der Waals surface area contributed by atoms with Gasteiger partial charge in [-0.2, -0.15) is 5.26 Å². The number of rotatable bonds is 5. The summed E-state index contributed by atoms with van der Waals surface area (Å²) in [5.41, 5.74) is 4.11. The van der Waals surface area contributed by atoms with Crippen molar-refractivity contribution in [1.82, 2.24) is 0 Å². The molecule has 0 aliphatic rings. The minimum Gasteiger partial charge on any atom is -0.462 e. The molecule has 0 heterocycles. The predicted molar refractivity (Wildman–Crippen MR) is 112 cm³/mol. The van der Waals surface area contributed by atoms with Crippen LogP contribution < -0.4 is 5.32 Å². The maximum Gasteiger partial charge on any atom is 0.338 e. The van der Waals surface area contributed by atoms with Crippen LogP contribution in [0, 0.1) is 11.3 Å². The number of carbonyl (C=O) groups excluding carboxylic acids is 1. The monoisotopic (exact) mass is 410 g/mol. The van der Waals surface area contributed by atoms with E-state index in [2.05, 4.69) is 11.4 Å². The fraction of sp³-hybridized carbons (Fsp3) is 0.0909. The van der Waals surface area contributed by atoms with Gasteiger partial charge in [-0.3, -0.25) is 0 Å². The van der Waals surface area contributed by atoms with Crippen molar-refractivity contribution < 1.29 is 9.53 Å². The van der Waals surface area contributed by atoms with Crippen LogP contribution in [0.15, 0.2) is 60.7 Å². The lowest BCUT2D eigenvalue weighted by molar-refractivity contribution is 0.0526. The van der Waals surface area contributed by atoms with E-state index in [1.165, 1.54) is 0 Å². The Morgan fingerprint density at radius 1 is 1.00 bits per heavy atom. The number of esters is 1. The molecule has 28 heavy (non-hydrogen) atoms. The molecule has 0 saturated carbocycles. The molecule has 4 nitrogen and oxygen atoms in total. The van der Waals surface area contributed by atoms with E-state index in [0.717, 1.165) is 16.8 Å². The zero-order valence-corrected chi connectivity index (χ0v) is 16.5. The van der Waals surface area contributed by atoms with Crippen LogP contribution in [0.4, 0.5) is 11.4 Å². The Bertz CT molecular complexity index is 1060. The van der Waals surface area contributed by atoms with Crippen molar-refractivity contribution in [1.29, 1.82) is 5.26 Å². The summed E-state index contributed by atoms with van der Waals surface area (Å²) in [5, 5.41) is 13.7. The second-order valence-electron chi connectivity index (χ2n) is 5.92. The second kappa shape index (κ2) is 8.79. The van der Waals surface area contributed by atoms with Gasteiger partial charge in [0, 0.05) is 5.69 Å². The van der Waals surface area contributed by atoms with Gasteiger partial charge in [0.2, 0.25) is 0 Å². The third-order valence-electron chi connectivity index (χ3n) is 4.07. The van der Waals surface area contributed by atoms with Gasteiger partial charge in [-0.15, -0.1) is 0 Å². The molecule has 0 radical (unpaired) electrons. The van der Waals surface area contributed by atoms with Gasteiger partial charge < -0.3 is 10.1 Å². The third-order valence-corrected chi connectivity index (χ3v) is 4.81. The minimum atomic E-state index is -0.363. The first-order valence-corrected chi connectivity index (χ1v) is 9.31. The van der Waals surface area contributed by atoms with Crippen LogP contribution in [0.1, 0.15) is 22.8 Å². The van der Waals surface area contributed by atoms with E-state index >= 15 is 0 Å². The molecule has 0 atom stereocenters. The number of carbonyl (C=O) groups is 1. The third kappa shape index (κ3) is 4.45. The van der Waals surface area contributed by atoms with Crippen molar-refractivity contribution in [3.63, 3.8) is 0 Å². The lowest BCUT2D eigenvalue weighted by Gasteiger charge is -2.11. The smallest absolute Gasteiger partial charge is 0.338 e. The Hall–Kier alpha value is -3.00. The van der Waals surface area contributed by atoms with Gasteiger partial charge in [0.1, 0.15) is 6.07 Å². The van der Waals surface area contributed by atoms with Gasteiger partial charge in [0.05, 0.1) is 33.5 Å². The first-order chi connectivity index (χ1) is 13.5. The quantitative estimate of drug-likeness (QED) is 0.490. The highest BCUT2D eigenvalue weighted by Gasteiger charge is 2.09. The van der Waals surface area contributed by atoms with Crippen LogP contribution in [-0.2, 0) is 4.74 Å². The highest BCUT2D eigenvalue weighted by atomic mass is 35.5. The number of hydrogen-bond acceptors (Lipinski definition) is 4. The molecule has 0 aromatic heterocycles. The summed E-state index contributed by atoms with van der Waals surface area (Å²) in [7, 11) is 0. The number of hydrogen-bond donors (Lipinski definition) is 1. The lowest BCUT2D eigenvalue weighted by atomic mass is 10.0. The Morgan fingerprint density at radius 3 is 2.32 bits per heavy atom. The topological polar surface area (TPSA) is 62.1 Å².